The molecule has 1 atom stereocenters. The minimum absolute atomic E-state index is 0.00458. The fourth-order valence-electron chi connectivity index (χ4n) is 6.23. The highest BCUT2D eigenvalue weighted by atomic mass is 79.9. The number of benzene rings is 3. The van der Waals surface area contributed by atoms with Crippen molar-refractivity contribution >= 4 is 55.6 Å². The van der Waals surface area contributed by atoms with Gasteiger partial charge in [0.2, 0.25) is 11.8 Å². The van der Waals surface area contributed by atoms with Crippen LogP contribution in [-0.4, -0.2) is 58.1 Å². The molecule has 53 heavy (non-hydrogen) atoms. The topological polar surface area (TPSA) is 213 Å². The maximum atomic E-state index is 14.3. The van der Waals surface area contributed by atoms with Crippen LogP contribution in [0.2, 0.25) is 0 Å². The van der Waals surface area contributed by atoms with Gasteiger partial charge in [-0.3, -0.25) is 33.3 Å². The Labute approximate surface area is 310 Å². The Kier molecular flexibility index (Phi) is 12.1. The summed E-state index contributed by atoms with van der Waals surface area (Å²) in [7, 11) is 0. The van der Waals surface area contributed by atoms with Gasteiger partial charge in [-0.25, -0.2) is 9.59 Å². The van der Waals surface area contributed by atoms with Gasteiger partial charge in [0.05, 0.1) is 21.7 Å². The molecule has 5 rings (SSSR count). The minimum atomic E-state index is -1.34. The zero-order chi connectivity index (χ0) is 38.4. The summed E-state index contributed by atoms with van der Waals surface area (Å²) in [6.45, 7) is 7.12. The van der Waals surface area contributed by atoms with Crippen molar-refractivity contribution in [2.24, 2.45) is 10.7 Å². The fraction of sp³-hybridized carbons (Fsp3) is 0.324. The number of nitrogens with one attached hydrogen (secondary N) is 2. The number of pyridine rings is 2. The quantitative estimate of drug-likeness (QED) is 0.0694. The van der Waals surface area contributed by atoms with Crippen LogP contribution in [-0.2, 0) is 27.4 Å². The number of nitrogens with zero attached hydrogens (tertiary/aromatic N) is 3. The van der Waals surface area contributed by atoms with Gasteiger partial charge >= 0.3 is 12.2 Å². The van der Waals surface area contributed by atoms with Crippen LogP contribution in [0.25, 0.3) is 32.7 Å². The molecule has 2 aromatic carbocycles. The molecule has 1 aliphatic carbocycles. The van der Waals surface area contributed by atoms with Crippen LogP contribution in [0, 0.1) is 0 Å². The van der Waals surface area contributed by atoms with Crippen molar-refractivity contribution in [3.63, 3.8) is 0 Å². The maximum Gasteiger partial charge on any atom is 0.407 e. The summed E-state index contributed by atoms with van der Waals surface area (Å²) >= 11 is 3.43. The van der Waals surface area contributed by atoms with Gasteiger partial charge in [0, 0.05) is 46.5 Å². The van der Waals surface area contributed by atoms with Crippen LogP contribution < -0.4 is 38.4 Å². The molecule has 15 nitrogen and oxygen atoms in total. The number of carbonyl (C=O) groups excluding carboxylic acids is 3. The van der Waals surface area contributed by atoms with E-state index in [1.807, 2.05) is 30.3 Å². The Bertz CT molecular complexity index is 2380. The van der Waals surface area contributed by atoms with Gasteiger partial charge in [0.1, 0.15) is 19.3 Å². The van der Waals surface area contributed by atoms with Gasteiger partial charge < -0.3 is 30.9 Å². The molecular weight excluding hydrogens is 752 g/mol. The van der Waals surface area contributed by atoms with Crippen molar-refractivity contribution in [3.05, 3.63) is 102 Å². The third-order valence-electron chi connectivity index (χ3n) is 8.53. The highest BCUT2D eigenvalue weighted by molar-refractivity contribution is 9.10. The summed E-state index contributed by atoms with van der Waals surface area (Å²) in [5, 5.41) is 17.1. The third-order valence-corrected chi connectivity index (χ3v) is 9.16. The molecule has 0 radical (unpaired) electrons. The van der Waals surface area contributed by atoms with E-state index in [1.165, 1.54) is 18.2 Å². The summed E-state index contributed by atoms with van der Waals surface area (Å²) in [6.07, 6.45) is 0.763. The van der Waals surface area contributed by atoms with Crippen molar-refractivity contribution in [2.45, 2.75) is 58.3 Å². The number of unbranched alkanes of at least 4 members (excludes halogenated alkanes) is 1. The first-order chi connectivity index (χ1) is 25.3. The number of alkyl carbamates (subject to hydrolysis) is 2. The van der Waals surface area contributed by atoms with Crippen LogP contribution >= 0.6 is 15.9 Å². The number of amides is 3. The van der Waals surface area contributed by atoms with Crippen molar-refractivity contribution in [2.75, 3.05) is 19.7 Å². The first-order valence-corrected chi connectivity index (χ1v) is 17.7. The van der Waals surface area contributed by atoms with Gasteiger partial charge in [0.15, 0.2) is 0 Å². The number of nitrogens with two attached hydrogens (primary N) is 1. The van der Waals surface area contributed by atoms with E-state index < -0.39 is 46.7 Å². The van der Waals surface area contributed by atoms with Crippen molar-refractivity contribution in [3.8, 4) is 17.0 Å². The minimum Gasteiger partial charge on any atom is -0.494 e. The number of ether oxygens (including phenoxy) is 2. The molecule has 5 N–H and O–H groups in total. The molecular formula is C37H39BrN6O9. The molecule has 0 spiro atoms. The number of rotatable bonds is 15. The summed E-state index contributed by atoms with van der Waals surface area (Å²) in [4.78, 5) is 84.1. The summed E-state index contributed by atoms with van der Waals surface area (Å²) in [5.74, 6) is -1.36. The van der Waals surface area contributed by atoms with E-state index in [1.54, 1.807) is 13.8 Å². The molecule has 1 aromatic heterocycles. The van der Waals surface area contributed by atoms with E-state index in [0.717, 1.165) is 14.7 Å². The van der Waals surface area contributed by atoms with Crippen molar-refractivity contribution in [1.82, 2.24) is 19.8 Å². The number of halogens is 1. The Morgan fingerprint density at radius 2 is 1.66 bits per heavy atom. The van der Waals surface area contributed by atoms with E-state index in [4.69, 9.17) is 15.2 Å². The van der Waals surface area contributed by atoms with Crippen LogP contribution in [0.1, 0.15) is 44.7 Å². The molecule has 3 amide bonds. The van der Waals surface area contributed by atoms with Gasteiger partial charge in [-0.1, -0.05) is 43.0 Å². The standard InChI is InChI=1S/C37H39BrN6O9/c1-4-16-52-36(50)41-14-15-43-32(46)22-17-24(38)29-27-23(18-25(42-20(2)3)30(28(22)27)34(43)48)33(47)44(35(29)49)26(31(39)45)12-8-9-13-40-37(51)53-19-21-10-6-5-7-11-21/h4-7,10-11,17-18,20,26,46H,1,8-9,12-16,19H2,2-3H3,(H2,39,45)(H,40,51)(H,41,50)/t26-/m0/s1. The zero-order valence-electron chi connectivity index (χ0n) is 29.1. The van der Waals surface area contributed by atoms with Crippen LogP contribution in [0.3, 0.4) is 0 Å². The van der Waals surface area contributed by atoms with Gasteiger partial charge in [-0.2, -0.15) is 0 Å². The number of aromatic nitrogens is 2. The average molecular weight is 792 g/mol. The molecule has 0 fully saturated rings. The summed E-state index contributed by atoms with van der Waals surface area (Å²) in [5.41, 5.74) is 4.43. The second kappa shape index (κ2) is 16.7. The highest BCUT2D eigenvalue weighted by Crippen LogP contribution is 2.40. The molecule has 16 heteroatoms. The number of carbonyl (C=O) groups is 3. The molecule has 1 aliphatic heterocycles. The molecule has 2 aliphatic rings. The maximum absolute atomic E-state index is 14.3. The van der Waals surface area contributed by atoms with Crippen LogP contribution in [0.5, 0.6) is 5.88 Å². The lowest BCUT2D eigenvalue weighted by Gasteiger charge is -2.23. The predicted octanol–water partition coefficient (Wildman–Crippen LogP) is 3.47. The number of aromatic hydroxyl groups is 1. The molecule has 278 valence electrons. The predicted molar refractivity (Wildman–Crippen MR) is 202 cm³/mol. The molecule has 0 saturated heterocycles. The van der Waals surface area contributed by atoms with Gasteiger partial charge in [-0.05, 0) is 66.7 Å². The molecule has 0 saturated carbocycles. The first-order valence-electron chi connectivity index (χ1n) is 16.9. The van der Waals surface area contributed by atoms with E-state index in [2.05, 4.69) is 38.1 Å². The van der Waals surface area contributed by atoms with Crippen LogP contribution in [0.4, 0.5) is 9.59 Å². The molecule has 2 heterocycles. The SMILES string of the molecule is C=CCOC(=O)NCCn1c(O)c2cc(Br)c3c4c2c(c(=NC(C)C)cc-4c(=O)n([C@@H](CCCCNC(=O)OCc2ccccc2)C(N)=O)c3=O)c1=O. The largest absolute Gasteiger partial charge is 0.494 e. The Morgan fingerprint density at radius 3 is 2.34 bits per heavy atom. The molecule has 0 bridgehead atoms. The lowest BCUT2D eigenvalue weighted by molar-refractivity contribution is -0.121. The highest BCUT2D eigenvalue weighted by Gasteiger charge is 2.31. The lowest BCUT2D eigenvalue weighted by atomic mass is 9.90. The lowest BCUT2D eigenvalue weighted by Crippen LogP contribution is -2.43. The smallest absolute Gasteiger partial charge is 0.407 e. The number of hydrogen-bond acceptors (Lipinski definition) is 10. The monoisotopic (exact) mass is 790 g/mol. The Hall–Kier alpha value is -5.77. The second-order valence-corrected chi connectivity index (χ2v) is 13.4. The second-order valence-electron chi connectivity index (χ2n) is 12.5. The molecule has 3 aromatic rings. The van der Waals surface area contributed by atoms with E-state index in [0.29, 0.717) is 12.8 Å². The number of hydrogen-bond donors (Lipinski definition) is 4. The van der Waals surface area contributed by atoms with Gasteiger partial charge in [-0.15, -0.1) is 0 Å². The van der Waals surface area contributed by atoms with Crippen LogP contribution in [0.15, 0.2) is 79.0 Å². The first kappa shape index (κ1) is 38.5. The summed E-state index contributed by atoms with van der Waals surface area (Å²) in [6, 6.07) is 10.4. The third kappa shape index (κ3) is 8.17. The summed E-state index contributed by atoms with van der Waals surface area (Å²) < 4.78 is 12.2. The normalized spacial score (nSPS) is 12.4. The number of primary amides is 1. The van der Waals surface area contributed by atoms with E-state index in [9.17, 15) is 33.9 Å². The average Bonchev–Trinajstić information content (AvgIpc) is 3.12. The van der Waals surface area contributed by atoms with Crippen molar-refractivity contribution in [1.29, 1.82) is 0 Å². The zero-order valence-corrected chi connectivity index (χ0v) is 30.7. The Balaban J connectivity index is 1.51. The van der Waals surface area contributed by atoms with Gasteiger partial charge in [0.25, 0.3) is 16.7 Å². The van der Waals surface area contributed by atoms with Crippen molar-refractivity contribution < 1.29 is 29.0 Å². The Morgan fingerprint density at radius 1 is 0.962 bits per heavy atom. The molecule has 0 unspecified atom stereocenters. The van der Waals surface area contributed by atoms with E-state index in [-0.39, 0.29) is 87.8 Å². The van der Waals surface area contributed by atoms with E-state index >= 15 is 0 Å². The fourth-order valence-corrected chi connectivity index (χ4v) is 6.83.